The van der Waals surface area contributed by atoms with E-state index >= 15 is 0 Å². The molecule has 2 N–H and O–H groups in total. The summed E-state index contributed by atoms with van der Waals surface area (Å²) < 4.78 is 24.3. The van der Waals surface area contributed by atoms with E-state index in [0.29, 0.717) is 6.54 Å². The van der Waals surface area contributed by atoms with Gasteiger partial charge in [0.15, 0.2) is 9.84 Å². The minimum atomic E-state index is -3.08. The number of hydrogen-bond donors (Lipinski definition) is 1. The Bertz CT molecular complexity index is 556. The summed E-state index contributed by atoms with van der Waals surface area (Å²) >= 11 is 1.75. The largest absolute Gasteiger partial charge is 0.329 e. The fourth-order valence-corrected chi connectivity index (χ4v) is 6.31. The second-order valence-corrected chi connectivity index (χ2v) is 9.52. The molecule has 120 valence electrons. The fourth-order valence-electron chi connectivity index (χ4n) is 3.71. The van der Waals surface area contributed by atoms with E-state index in [0.717, 1.165) is 25.7 Å². The molecule has 0 saturated heterocycles. The molecular formula is C15H26N2O2S2. The maximum absolute atomic E-state index is 12.2. The van der Waals surface area contributed by atoms with Gasteiger partial charge in [-0.05, 0) is 44.7 Å². The Morgan fingerprint density at radius 1 is 1.57 bits per heavy atom. The number of hydrogen-bond acceptors (Lipinski definition) is 5. The molecule has 3 unspecified atom stereocenters. The summed E-state index contributed by atoms with van der Waals surface area (Å²) in [6.45, 7) is 2.56. The molecule has 0 bridgehead atoms. The average Bonchev–Trinajstić information content (AvgIpc) is 3.05. The molecule has 2 rings (SSSR count). The Morgan fingerprint density at radius 2 is 2.29 bits per heavy atom. The van der Waals surface area contributed by atoms with Gasteiger partial charge < -0.3 is 5.73 Å². The maximum atomic E-state index is 12.2. The van der Waals surface area contributed by atoms with Crippen LogP contribution in [0.1, 0.15) is 31.1 Å². The molecule has 0 spiro atoms. The SMILES string of the molecule is CC(Cc1cccs1)N(C)C1(CN)CCCC1S(C)(=O)=O. The van der Waals surface area contributed by atoms with Crippen LogP contribution in [-0.4, -0.2) is 50.0 Å². The van der Waals surface area contributed by atoms with E-state index in [1.54, 1.807) is 11.3 Å². The van der Waals surface area contributed by atoms with E-state index in [2.05, 4.69) is 29.3 Å². The van der Waals surface area contributed by atoms with Crippen molar-refractivity contribution in [3.8, 4) is 0 Å². The first-order valence-corrected chi connectivity index (χ1v) is 10.3. The topological polar surface area (TPSA) is 63.4 Å². The molecule has 1 aliphatic rings. The normalized spacial score (nSPS) is 28.1. The maximum Gasteiger partial charge on any atom is 0.152 e. The molecule has 1 aromatic rings. The van der Waals surface area contributed by atoms with E-state index in [1.807, 2.05) is 7.05 Å². The molecule has 0 radical (unpaired) electrons. The van der Waals surface area contributed by atoms with Gasteiger partial charge in [-0.1, -0.05) is 12.5 Å². The predicted molar refractivity (Wildman–Crippen MR) is 89.5 cm³/mol. The Morgan fingerprint density at radius 3 is 2.81 bits per heavy atom. The molecule has 6 heteroatoms. The lowest BCUT2D eigenvalue weighted by molar-refractivity contribution is 0.0923. The Labute approximate surface area is 132 Å². The highest BCUT2D eigenvalue weighted by Crippen LogP contribution is 2.39. The van der Waals surface area contributed by atoms with Crippen LogP contribution in [0.3, 0.4) is 0 Å². The third kappa shape index (κ3) is 3.33. The minimum absolute atomic E-state index is 0.273. The van der Waals surface area contributed by atoms with Crippen LogP contribution in [0.4, 0.5) is 0 Å². The van der Waals surface area contributed by atoms with Crippen molar-refractivity contribution < 1.29 is 8.42 Å². The molecule has 3 atom stereocenters. The highest BCUT2D eigenvalue weighted by atomic mass is 32.2. The van der Waals surface area contributed by atoms with Crippen LogP contribution in [0.25, 0.3) is 0 Å². The van der Waals surface area contributed by atoms with Gasteiger partial charge in [0.25, 0.3) is 0 Å². The third-order valence-corrected chi connectivity index (χ3v) is 7.59. The van der Waals surface area contributed by atoms with Crippen molar-refractivity contribution >= 4 is 21.2 Å². The van der Waals surface area contributed by atoms with Crippen LogP contribution in [0.15, 0.2) is 17.5 Å². The molecule has 1 fully saturated rings. The second kappa shape index (κ2) is 6.36. The molecule has 4 nitrogen and oxygen atoms in total. The van der Waals surface area contributed by atoms with Gasteiger partial charge in [0, 0.05) is 29.3 Å². The van der Waals surface area contributed by atoms with Gasteiger partial charge in [-0.15, -0.1) is 11.3 Å². The molecular weight excluding hydrogens is 304 g/mol. The Balaban J connectivity index is 2.22. The van der Waals surface area contributed by atoms with Gasteiger partial charge in [-0.25, -0.2) is 8.42 Å². The van der Waals surface area contributed by atoms with E-state index in [4.69, 9.17) is 5.73 Å². The zero-order valence-electron chi connectivity index (χ0n) is 13.1. The van der Waals surface area contributed by atoms with Crippen molar-refractivity contribution in [3.05, 3.63) is 22.4 Å². The molecule has 21 heavy (non-hydrogen) atoms. The summed E-state index contributed by atoms with van der Waals surface area (Å²) in [4.78, 5) is 3.56. The van der Waals surface area contributed by atoms with Gasteiger partial charge in [0.05, 0.1) is 5.25 Å². The minimum Gasteiger partial charge on any atom is -0.329 e. The smallest absolute Gasteiger partial charge is 0.152 e. The monoisotopic (exact) mass is 330 g/mol. The first-order valence-electron chi connectivity index (χ1n) is 7.45. The average molecular weight is 331 g/mol. The molecule has 1 heterocycles. The van der Waals surface area contributed by atoms with Crippen LogP contribution >= 0.6 is 11.3 Å². The van der Waals surface area contributed by atoms with Crippen LogP contribution in [0.5, 0.6) is 0 Å². The molecule has 0 aromatic carbocycles. The lowest BCUT2D eigenvalue weighted by Gasteiger charge is -2.45. The standard InChI is InChI=1S/C15H26N2O2S2/c1-12(10-13-6-5-9-20-13)17(2)15(11-16)8-4-7-14(15)21(3,18)19/h5-6,9,12,14H,4,7-8,10-11,16H2,1-3H3. The summed E-state index contributed by atoms with van der Waals surface area (Å²) in [5.74, 6) is 0. The first kappa shape index (κ1) is 16.9. The molecule has 1 saturated carbocycles. The zero-order chi connectivity index (χ0) is 15.7. The van der Waals surface area contributed by atoms with Crippen molar-refractivity contribution in [2.45, 2.75) is 49.4 Å². The molecule has 1 aliphatic carbocycles. The van der Waals surface area contributed by atoms with Gasteiger partial charge >= 0.3 is 0 Å². The molecule has 1 aromatic heterocycles. The first-order chi connectivity index (χ1) is 9.81. The summed E-state index contributed by atoms with van der Waals surface area (Å²) in [5.41, 5.74) is 5.65. The third-order valence-electron chi connectivity index (χ3n) is 4.99. The number of nitrogens with two attached hydrogens (primary N) is 1. The van der Waals surface area contributed by atoms with Gasteiger partial charge in [-0.3, -0.25) is 4.90 Å². The van der Waals surface area contributed by atoms with Gasteiger partial charge in [0.1, 0.15) is 0 Å². The van der Waals surface area contributed by atoms with Gasteiger partial charge in [0.2, 0.25) is 0 Å². The van der Waals surface area contributed by atoms with Crippen molar-refractivity contribution in [2.24, 2.45) is 5.73 Å². The summed E-state index contributed by atoms with van der Waals surface area (Å²) in [6, 6.07) is 4.46. The van der Waals surface area contributed by atoms with Crippen LogP contribution in [-0.2, 0) is 16.3 Å². The lowest BCUT2D eigenvalue weighted by atomic mass is 9.93. The fraction of sp³-hybridized carbons (Fsp3) is 0.733. The second-order valence-electron chi connectivity index (χ2n) is 6.26. The summed E-state index contributed by atoms with van der Waals surface area (Å²) in [5, 5.41) is 1.74. The van der Waals surface area contributed by atoms with E-state index in [-0.39, 0.29) is 11.3 Å². The van der Waals surface area contributed by atoms with E-state index in [9.17, 15) is 8.42 Å². The number of nitrogens with zero attached hydrogens (tertiary/aromatic N) is 1. The number of sulfone groups is 1. The van der Waals surface area contributed by atoms with Crippen molar-refractivity contribution in [3.63, 3.8) is 0 Å². The summed E-state index contributed by atoms with van der Waals surface area (Å²) in [6.07, 6.45) is 4.82. The van der Waals surface area contributed by atoms with Crippen molar-refractivity contribution in [1.82, 2.24) is 4.90 Å². The lowest BCUT2D eigenvalue weighted by Crippen LogP contribution is -2.61. The predicted octanol–water partition coefficient (Wildman–Crippen LogP) is 1.91. The van der Waals surface area contributed by atoms with Crippen molar-refractivity contribution in [1.29, 1.82) is 0 Å². The van der Waals surface area contributed by atoms with Crippen LogP contribution in [0.2, 0.25) is 0 Å². The van der Waals surface area contributed by atoms with Crippen LogP contribution < -0.4 is 5.73 Å². The molecule has 0 amide bonds. The summed E-state index contributed by atoms with van der Waals surface area (Å²) in [7, 11) is -1.05. The van der Waals surface area contributed by atoms with E-state index < -0.39 is 15.4 Å². The Hall–Kier alpha value is -0.430. The van der Waals surface area contributed by atoms with E-state index in [1.165, 1.54) is 11.1 Å². The zero-order valence-corrected chi connectivity index (χ0v) is 14.7. The highest BCUT2D eigenvalue weighted by Gasteiger charge is 2.50. The van der Waals surface area contributed by atoms with Crippen molar-refractivity contribution in [2.75, 3.05) is 19.8 Å². The van der Waals surface area contributed by atoms with Gasteiger partial charge in [-0.2, -0.15) is 0 Å². The number of likely N-dealkylation sites (N-methyl/N-ethyl adjacent to an activating group) is 1. The van der Waals surface area contributed by atoms with Crippen LogP contribution in [0, 0.1) is 0 Å². The Kier molecular flexibility index (Phi) is 5.13. The molecule has 0 aliphatic heterocycles. The highest BCUT2D eigenvalue weighted by molar-refractivity contribution is 7.91. The quantitative estimate of drug-likeness (QED) is 0.865. The number of thiophene rings is 1. The number of rotatable bonds is 6.